The van der Waals surface area contributed by atoms with Gasteiger partial charge in [0.25, 0.3) is 0 Å². The highest BCUT2D eigenvalue weighted by atomic mass is 79.9. The molecule has 0 bridgehead atoms. The molecule has 0 aliphatic rings. The maximum absolute atomic E-state index is 12.0. The van der Waals surface area contributed by atoms with Crippen LogP contribution in [0, 0.1) is 12.8 Å². The first-order valence-corrected chi connectivity index (χ1v) is 7.06. The predicted molar refractivity (Wildman–Crippen MR) is 79.4 cm³/mol. The molecule has 1 unspecified atom stereocenters. The van der Waals surface area contributed by atoms with Crippen molar-refractivity contribution in [3.8, 4) is 0 Å². The van der Waals surface area contributed by atoms with Gasteiger partial charge in [0.1, 0.15) is 0 Å². The smallest absolute Gasteiger partial charge is 0.238 e. The van der Waals surface area contributed by atoms with E-state index >= 15 is 0 Å². The molecule has 1 amide bonds. The fourth-order valence-corrected chi connectivity index (χ4v) is 2.00. The molecule has 0 radical (unpaired) electrons. The van der Waals surface area contributed by atoms with Gasteiger partial charge in [-0.25, -0.2) is 4.98 Å². The molecule has 102 valence electrons. The second-order valence-corrected chi connectivity index (χ2v) is 5.93. The second-order valence-electron chi connectivity index (χ2n) is 4.94. The van der Waals surface area contributed by atoms with E-state index in [1.807, 2.05) is 33.9 Å². The molecule has 5 nitrogen and oxygen atoms in total. The van der Waals surface area contributed by atoms with Crippen LogP contribution in [0.5, 0.6) is 0 Å². The number of pyridine rings is 1. The summed E-state index contributed by atoms with van der Waals surface area (Å²) in [5.74, 6) is 0.175. The van der Waals surface area contributed by atoms with Gasteiger partial charge in [-0.3, -0.25) is 9.48 Å². The molecule has 0 fully saturated rings. The van der Waals surface area contributed by atoms with Gasteiger partial charge in [-0.05, 0) is 18.9 Å². The number of nitrogens with one attached hydrogen (secondary N) is 1. The molecule has 0 aliphatic heterocycles. The molecule has 6 heteroatoms. The summed E-state index contributed by atoms with van der Waals surface area (Å²) in [6.45, 7) is 5.91. The van der Waals surface area contributed by atoms with Gasteiger partial charge in [-0.15, -0.1) is 0 Å². The van der Waals surface area contributed by atoms with Crippen LogP contribution in [-0.4, -0.2) is 25.5 Å². The van der Waals surface area contributed by atoms with Gasteiger partial charge < -0.3 is 5.32 Å². The molecule has 0 spiro atoms. The molecule has 19 heavy (non-hydrogen) atoms. The topological polar surface area (TPSA) is 59.8 Å². The molecule has 2 heterocycles. The highest BCUT2D eigenvalue weighted by Crippen LogP contribution is 2.20. The van der Waals surface area contributed by atoms with Gasteiger partial charge in [0.05, 0.1) is 22.4 Å². The molecular formula is C13H17BrN4O. The van der Waals surface area contributed by atoms with Crippen LogP contribution < -0.4 is 5.32 Å². The monoisotopic (exact) mass is 324 g/mol. The molecule has 1 atom stereocenters. The van der Waals surface area contributed by atoms with E-state index in [1.165, 1.54) is 0 Å². The Kier molecular flexibility index (Phi) is 3.89. The SMILES string of the molecule is Cc1nn(C)c2ncc(NC(=O)C(Br)C(C)C)cc12. The lowest BCUT2D eigenvalue weighted by atomic mass is 10.1. The van der Waals surface area contributed by atoms with Crippen molar-refractivity contribution in [1.82, 2.24) is 14.8 Å². The number of aryl methyl sites for hydroxylation is 2. The van der Waals surface area contributed by atoms with Crippen LogP contribution in [0.2, 0.25) is 0 Å². The average molecular weight is 325 g/mol. The van der Waals surface area contributed by atoms with E-state index in [0.29, 0.717) is 5.69 Å². The highest BCUT2D eigenvalue weighted by Gasteiger charge is 2.19. The standard InChI is InChI=1S/C13H17BrN4O/c1-7(2)11(14)13(19)16-9-5-10-8(3)17-18(4)12(10)15-6-9/h5-7,11H,1-4H3,(H,16,19). The van der Waals surface area contributed by atoms with Crippen molar-refractivity contribution in [2.75, 3.05) is 5.32 Å². The number of halogens is 1. The molecule has 2 aromatic heterocycles. The molecular weight excluding hydrogens is 308 g/mol. The van der Waals surface area contributed by atoms with Crippen molar-refractivity contribution in [3.05, 3.63) is 18.0 Å². The number of nitrogens with zero attached hydrogens (tertiary/aromatic N) is 3. The van der Waals surface area contributed by atoms with Crippen LogP contribution in [0.15, 0.2) is 12.3 Å². The fourth-order valence-electron chi connectivity index (χ4n) is 1.89. The normalized spacial score (nSPS) is 12.9. The van der Waals surface area contributed by atoms with Gasteiger partial charge in [-0.1, -0.05) is 29.8 Å². The fraction of sp³-hybridized carbons (Fsp3) is 0.462. The Labute approximate surface area is 120 Å². The van der Waals surface area contributed by atoms with Gasteiger partial charge >= 0.3 is 0 Å². The quantitative estimate of drug-likeness (QED) is 0.883. The van der Waals surface area contributed by atoms with Crippen LogP contribution in [0.25, 0.3) is 11.0 Å². The Morgan fingerprint density at radius 3 is 2.79 bits per heavy atom. The van der Waals surface area contributed by atoms with E-state index < -0.39 is 0 Å². The minimum Gasteiger partial charge on any atom is -0.324 e. The van der Waals surface area contributed by atoms with Crippen LogP contribution >= 0.6 is 15.9 Å². The van der Waals surface area contributed by atoms with E-state index in [1.54, 1.807) is 10.9 Å². The van der Waals surface area contributed by atoms with E-state index in [9.17, 15) is 4.79 Å². The van der Waals surface area contributed by atoms with Crippen molar-refractivity contribution in [3.63, 3.8) is 0 Å². The van der Waals surface area contributed by atoms with Crippen molar-refractivity contribution in [2.24, 2.45) is 13.0 Å². The lowest BCUT2D eigenvalue weighted by Crippen LogP contribution is -2.27. The van der Waals surface area contributed by atoms with Gasteiger partial charge in [0.2, 0.25) is 5.91 Å². The first kappa shape index (κ1) is 14.0. The summed E-state index contributed by atoms with van der Waals surface area (Å²) in [4.78, 5) is 16.1. The third-order valence-corrected chi connectivity index (χ3v) is 4.44. The summed E-state index contributed by atoms with van der Waals surface area (Å²) in [5, 5.41) is 8.13. The summed E-state index contributed by atoms with van der Waals surface area (Å²) in [6.07, 6.45) is 1.65. The van der Waals surface area contributed by atoms with Crippen molar-refractivity contribution in [2.45, 2.75) is 25.6 Å². The van der Waals surface area contributed by atoms with E-state index in [0.717, 1.165) is 16.7 Å². The second kappa shape index (κ2) is 5.28. The molecule has 1 N–H and O–H groups in total. The molecule has 0 aromatic carbocycles. The molecule has 2 rings (SSSR count). The summed E-state index contributed by atoms with van der Waals surface area (Å²) in [7, 11) is 1.86. The maximum Gasteiger partial charge on any atom is 0.238 e. The maximum atomic E-state index is 12.0. The lowest BCUT2D eigenvalue weighted by Gasteiger charge is -2.13. The van der Waals surface area contributed by atoms with Crippen molar-refractivity contribution < 1.29 is 4.79 Å². The van der Waals surface area contributed by atoms with Crippen molar-refractivity contribution >= 4 is 38.6 Å². The Morgan fingerprint density at radius 2 is 2.16 bits per heavy atom. The summed E-state index contributed by atoms with van der Waals surface area (Å²) in [6, 6.07) is 1.91. The molecule has 0 saturated heterocycles. The number of fused-ring (bicyclic) bond motifs is 1. The molecule has 0 saturated carbocycles. The number of anilines is 1. The van der Waals surface area contributed by atoms with Crippen LogP contribution in [-0.2, 0) is 11.8 Å². The first-order chi connectivity index (χ1) is 8.90. The van der Waals surface area contributed by atoms with Gasteiger partial charge in [0, 0.05) is 12.4 Å². The zero-order valence-electron chi connectivity index (χ0n) is 11.4. The van der Waals surface area contributed by atoms with E-state index in [-0.39, 0.29) is 16.7 Å². The van der Waals surface area contributed by atoms with Crippen LogP contribution in [0.1, 0.15) is 19.5 Å². The minimum absolute atomic E-state index is 0.0577. The Morgan fingerprint density at radius 1 is 1.47 bits per heavy atom. The van der Waals surface area contributed by atoms with Crippen LogP contribution in [0.4, 0.5) is 5.69 Å². The molecule has 0 aliphatic carbocycles. The zero-order chi connectivity index (χ0) is 14.2. The van der Waals surface area contributed by atoms with Crippen LogP contribution in [0.3, 0.4) is 0 Å². The summed E-state index contributed by atoms with van der Waals surface area (Å²) < 4.78 is 1.73. The highest BCUT2D eigenvalue weighted by molar-refractivity contribution is 9.10. The Hall–Kier alpha value is -1.43. The summed E-state index contributed by atoms with van der Waals surface area (Å²) >= 11 is 3.38. The van der Waals surface area contributed by atoms with Gasteiger partial charge in [0.15, 0.2) is 5.65 Å². The van der Waals surface area contributed by atoms with E-state index in [4.69, 9.17) is 0 Å². The largest absolute Gasteiger partial charge is 0.324 e. The third kappa shape index (κ3) is 2.78. The number of amides is 1. The number of carbonyl (C=O) groups excluding carboxylic acids is 1. The Bertz CT molecular complexity index is 620. The number of carbonyl (C=O) groups is 1. The number of aromatic nitrogens is 3. The number of alkyl halides is 1. The first-order valence-electron chi connectivity index (χ1n) is 6.14. The predicted octanol–water partition coefficient (Wildman–Crippen LogP) is 2.63. The average Bonchev–Trinajstić information content (AvgIpc) is 2.63. The van der Waals surface area contributed by atoms with Crippen molar-refractivity contribution in [1.29, 1.82) is 0 Å². The third-order valence-electron chi connectivity index (χ3n) is 2.97. The number of hydrogen-bond acceptors (Lipinski definition) is 3. The van der Waals surface area contributed by atoms with Gasteiger partial charge in [-0.2, -0.15) is 5.10 Å². The minimum atomic E-state index is -0.210. The van der Waals surface area contributed by atoms with E-state index in [2.05, 4.69) is 31.3 Å². The molecule has 2 aromatic rings. The number of rotatable bonds is 3. The number of hydrogen-bond donors (Lipinski definition) is 1. The lowest BCUT2D eigenvalue weighted by molar-refractivity contribution is -0.116. The Balaban J connectivity index is 2.27. The summed E-state index contributed by atoms with van der Waals surface area (Å²) in [5.41, 5.74) is 2.41. The zero-order valence-corrected chi connectivity index (χ0v) is 13.0.